The van der Waals surface area contributed by atoms with Crippen molar-refractivity contribution in [3.63, 3.8) is 0 Å². The van der Waals surface area contributed by atoms with Crippen LogP contribution in [0.3, 0.4) is 0 Å². The second-order valence-corrected chi connectivity index (χ2v) is 7.05. The first-order chi connectivity index (χ1) is 13.4. The number of nitrogens with one attached hydrogen (secondary N) is 2. The molecule has 2 aromatic carbocycles. The highest BCUT2D eigenvalue weighted by atomic mass is 127. The van der Waals surface area contributed by atoms with E-state index < -0.39 is 4.12 Å². The van der Waals surface area contributed by atoms with Gasteiger partial charge in [0.25, 0.3) is 0 Å². The molecular weight excluding hydrogens is 481 g/mol. The Hall–Kier alpha value is -3.02. The fourth-order valence-corrected chi connectivity index (χ4v) is 2.90. The van der Waals surface area contributed by atoms with E-state index in [0.29, 0.717) is 28.2 Å². The summed E-state index contributed by atoms with van der Waals surface area (Å²) in [4.78, 5) is 8.74. The van der Waals surface area contributed by atoms with Crippen LogP contribution in [0.25, 0.3) is 22.4 Å². The summed E-state index contributed by atoms with van der Waals surface area (Å²) in [6, 6.07) is 15.5. The van der Waals surface area contributed by atoms with Crippen molar-refractivity contribution in [1.82, 2.24) is 20.2 Å². The average molecular weight is 494 g/mol. The van der Waals surface area contributed by atoms with Crippen LogP contribution < -0.4 is 15.8 Å². The van der Waals surface area contributed by atoms with E-state index in [1.165, 1.54) is 12.1 Å². The molecule has 0 atom stereocenters. The van der Waals surface area contributed by atoms with Crippen molar-refractivity contribution in [2.24, 2.45) is 0 Å². The summed E-state index contributed by atoms with van der Waals surface area (Å²) in [6.07, 6.45) is 0. The SMILES string of the molecule is Nc1nc(-c2ccc(OC(F)(F)I)cc2)nc2n[nH]c(Nc3ccccc3)c12. The zero-order chi connectivity index (χ0) is 19.7. The highest BCUT2D eigenvalue weighted by Crippen LogP contribution is 2.31. The number of hydrogen-bond acceptors (Lipinski definition) is 6. The quantitative estimate of drug-likeness (QED) is 0.275. The molecule has 7 nitrogen and oxygen atoms in total. The van der Waals surface area contributed by atoms with Gasteiger partial charge < -0.3 is 15.8 Å². The summed E-state index contributed by atoms with van der Waals surface area (Å²) < 4.78 is 27.1. The molecule has 0 amide bonds. The number of halogens is 3. The van der Waals surface area contributed by atoms with Gasteiger partial charge in [-0.15, -0.1) is 0 Å². The first-order valence-electron chi connectivity index (χ1n) is 8.09. The lowest BCUT2D eigenvalue weighted by Crippen LogP contribution is -2.14. The number of aromatic amines is 1. The third-order valence-electron chi connectivity index (χ3n) is 3.83. The first kappa shape index (κ1) is 18.3. The van der Waals surface area contributed by atoms with E-state index in [9.17, 15) is 8.78 Å². The Morgan fingerprint density at radius 2 is 1.75 bits per heavy atom. The molecule has 0 unspecified atom stereocenters. The Morgan fingerprint density at radius 3 is 2.43 bits per heavy atom. The number of aromatic nitrogens is 4. The van der Waals surface area contributed by atoms with Gasteiger partial charge in [0.05, 0.1) is 22.6 Å². The van der Waals surface area contributed by atoms with Crippen LogP contribution in [0.1, 0.15) is 0 Å². The maximum Gasteiger partial charge on any atom is 0.451 e. The highest BCUT2D eigenvalue weighted by Gasteiger charge is 2.26. The number of hydrogen-bond donors (Lipinski definition) is 3. The van der Waals surface area contributed by atoms with Gasteiger partial charge in [0.2, 0.25) is 0 Å². The Labute approximate surface area is 171 Å². The third-order valence-corrected chi connectivity index (χ3v) is 4.05. The van der Waals surface area contributed by atoms with Gasteiger partial charge in [0.1, 0.15) is 22.8 Å². The largest absolute Gasteiger partial charge is 0.451 e. The fourth-order valence-electron chi connectivity index (χ4n) is 2.64. The first-order valence-corrected chi connectivity index (χ1v) is 9.17. The topological polar surface area (TPSA) is 102 Å². The second kappa shape index (κ2) is 7.19. The number of anilines is 3. The number of alkyl halides is 3. The Bertz CT molecular complexity index is 1110. The van der Waals surface area contributed by atoms with Gasteiger partial charge in [-0.2, -0.15) is 13.9 Å². The molecule has 0 saturated heterocycles. The zero-order valence-corrected chi connectivity index (χ0v) is 16.3. The van der Waals surface area contributed by atoms with Gasteiger partial charge in [-0.05, 0) is 36.4 Å². The molecule has 0 saturated carbocycles. The molecule has 28 heavy (non-hydrogen) atoms. The van der Waals surface area contributed by atoms with Crippen molar-refractivity contribution in [2.75, 3.05) is 11.1 Å². The van der Waals surface area contributed by atoms with Crippen molar-refractivity contribution in [1.29, 1.82) is 0 Å². The van der Waals surface area contributed by atoms with Crippen LogP contribution >= 0.6 is 22.6 Å². The van der Waals surface area contributed by atoms with Crippen molar-refractivity contribution in [2.45, 2.75) is 4.12 Å². The predicted molar refractivity (Wildman–Crippen MR) is 111 cm³/mol. The molecule has 0 aliphatic heterocycles. The predicted octanol–water partition coefficient (Wildman–Crippen LogP) is 4.71. The molecule has 0 radical (unpaired) electrons. The molecular formula is C18H13F2IN6O. The normalized spacial score (nSPS) is 11.5. The molecule has 142 valence electrons. The smallest absolute Gasteiger partial charge is 0.425 e. The standard InChI is InChI=1S/C18H13F2IN6O/c19-18(20,21)28-12-8-6-10(7-9-12)15-24-14(22)13-16(26-27-17(13)25-15)23-11-4-2-1-3-5-11/h1-9H,(H4,22,23,24,25,26,27). The zero-order valence-electron chi connectivity index (χ0n) is 14.2. The van der Waals surface area contributed by atoms with E-state index in [-0.39, 0.29) is 11.6 Å². The van der Waals surface area contributed by atoms with Gasteiger partial charge in [0, 0.05) is 11.3 Å². The second-order valence-electron chi connectivity index (χ2n) is 5.79. The number of nitrogens with two attached hydrogens (primary N) is 1. The van der Waals surface area contributed by atoms with Gasteiger partial charge in [0.15, 0.2) is 11.5 Å². The monoisotopic (exact) mass is 494 g/mol. The molecule has 0 spiro atoms. The van der Waals surface area contributed by atoms with Gasteiger partial charge >= 0.3 is 4.12 Å². The molecule has 0 aliphatic carbocycles. The Kier molecular flexibility index (Phi) is 4.71. The van der Waals surface area contributed by atoms with E-state index in [1.807, 2.05) is 30.3 Å². The lowest BCUT2D eigenvalue weighted by molar-refractivity contribution is -0.0691. The Balaban J connectivity index is 1.65. The van der Waals surface area contributed by atoms with Gasteiger partial charge in [-0.25, -0.2) is 9.97 Å². The van der Waals surface area contributed by atoms with Crippen LogP contribution in [0.5, 0.6) is 5.75 Å². The van der Waals surface area contributed by atoms with E-state index in [0.717, 1.165) is 28.3 Å². The number of H-pyrrole nitrogens is 1. The van der Waals surface area contributed by atoms with Crippen molar-refractivity contribution < 1.29 is 13.5 Å². The molecule has 4 N–H and O–H groups in total. The molecule has 10 heteroatoms. The van der Waals surface area contributed by atoms with Crippen molar-refractivity contribution >= 4 is 50.9 Å². The third kappa shape index (κ3) is 3.96. The van der Waals surface area contributed by atoms with Crippen molar-refractivity contribution in [3.8, 4) is 17.1 Å². The Morgan fingerprint density at radius 1 is 1.04 bits per heavy atom. The maximum atomic E-state index is 12.9. The minimum absolute atomic E-state index is 0.0336. The molecule has 2 heterocycles. The summed E-state index contributed by atoms with van der Waals surface area (Å²) in [5, 5.41) is 10.8. The number of rotatable bonds is 5. The number of nitrogens with zero attached hydrogens (tertiary/aromatic N) is 3. The summed E-state index contributed by atoms with van der Waals surface area (Å²) in [7, 11) is 0. The number of nitrogen functional groups attached to an aromatic ring is 1. The summed E-state index contributed by atoms with van der Waals surface area (Å²) >= 11 is 0.910. The van der Waals surface area contributed by atoms with Crippen LogP contribution in [0, 0.1) is 0 Å². The molecule has 0 bridgehead atoms. The van der Waals surface area contributed by atoms with Crippen LogP contribution in [0.15, 0.2) is 54.6 Å². The van der Waals surface area contributed by atoms with Crippen molar-refractivity contribution in [3.05, 3.63) is 54.6 Å². The van der Waals surface area contributed by atoms with E-state index in [2.05, 4.69) is 30.2 Å². The number of ether oxygens (including phenoxy) is 1. The number of para-hydroxylation sites is 1. The van der Waals surface area contributed by atoms with Crippen LogP contribution in [0.4, 0.5) is 26.1 Å². The summed E-state index contributed by atoms with van der Waals surface area (Å²) in [5.74, 6) is 1.19. The summed E-state index contributed by atoms with van der Waals surface area (Å²) in [6.45, 7) is 0. The van der Waals surface area contributed by atoms with E-state index in [1.54, 1.807) is 12.1 Å². The molecule has 0 fully saturated rings. The number of fused-ring (bicyclic) bond motifs is 1. The van der Waals surface area contributed by atoms with E-state index in [4.69, 9.17) is 5.73 Å². The van der Waals surface area contributed by atoms with Gasteiger partial charge in [-0.3, -0.25) is 5.10 Å². The minimum atomic E-state index is -3.28. The highest BCUT2D eigenvalue weighted by molar-refractivity contribution is 14.1. The fraction of sp³-hybridized carbons (Fsp3) is 0.0556. The average Bonchev–Trinajstić information content (AvgIpc) is 3.05. The van der Waals surface area contributed by atoms with Gasteiger partial charge in [-0.1, -0.05) is 18.2 Å². The molecule has 4 aromatic rings. The van der Waals surface area contributed by atoms with Crippen LogP contribution in [-0.2, 0) is 0 Å². The summed E-state index contributed by atoms with van der Waals surface area (Å²) in [5.41, 5.74) is 7.98. The molecule has 0 aliphatic rings. The minimum Gasteiger partial charge on any atom is -0.425 e. The van der Waals surface area contributed by atoms with Crippen LogP contribution in [0.2, 0.25) is 0 Å². The lowest BCUT2D eigenvalue weighted by atomic mass is 10.2. The molecule has 4 rings (SSSR count). The maximum absolute atomic E-state index is 12.9. The van der Waals surface area contributed by atoms with Crippen LogP contribution in [-0.4, -0.2) is 24.3 Å². The number of benzene rings is 2. The lowest BCUT2D eigenvalue weighted by Gasteiger charge is -2.11. The van der Waals surface area contributed by atoms with E-state index >= 15 is 0 Å². The molecule has 2 aromatic heterocycles.